The summed E-state index contributed by atoms with van der Waals surface area (Å²) in [6.45, 7) is 1.72. The minimum absolute atomic E-state index is 0.127. The highest BCUT2D eigenvalue weighted by molar-refractivity contribution is 5.97. The number of hydrogen-bond donors (Lipinski definition) is 1. The molecule has 34 heavy (non-hydrogen) atoms. The maximum atomic E-state index is 14.5. The Morgan fingerprint density at radius 3 is 2.68 bits per heavy atom. The number of alkyl halides is 3. The Morgan fingerprint density at radius 1 is 1.12 bits per heavy atom. The van der Waals surface area contributed by atoms with Gasteiger partial charge in [0.15, 0.2) is 5.65 Å². The van der Waals surface area contributed by atoms with Crippen LogP contribution in [0, 0.1) is 5.82 Å². The van der Waals surface area contributed by atoms with E-state index >= 15 is 0 Å². The van der Waals surface area contributed by atoms with E-state index in [9.17, 15) is 22.4 Å². The van der Waals surface area contributed by atoms with Crippen LogP contribution in [0.2, 0.25) is 0 Å². The SMILES string of the molecule is CC(c1cc(C(F)(F)F)ccc1F)N1CCc2ncc(-c3ccn4nc(N)nc4c3)cc2C1=O. The van der Waals surface area contributed by atoms with Crippen molar-refractivity contribution in [2.75, 3.05) is 12.3 Å². The molecule has 1 amide bonds. The Bertz CT molecular complexity index is 1430. The summed E-state index contributed by atoms with van der Waals surface area (Å²) in [4.78, 5) is 23.2. The molecule has 0 saturated heterocycles. The quantitative estimate of drug-likeness (QED) is 0.451. The van der Waals surface area contributed by atoms with Crippen LogP contribution in [0.3, 0.4) is 0 Å². The molecule has 0 saturated carbocycles. The maximum Gasteiger partial charge on any atom is 0.416 e. The first-order valence-corrected chi connectivity index (χ1v) is 10.4. The third-order valence-electron chi connectivity index (χ3n) is 5.98. The molecular formula is C23H18F4N6O. The molecule has 1 aliphatic heterocycles. The van der Waals surface area contributed by atoms with Gasteiger partial charge in [0, 0.05) is 36.5 Å². The van der Waals surface area contributed by atoms with E-state index in [1.807, 2.05) is 0 Å². The molecule has 11 heteroatoms. The van der Waals surface area contributed by atoms with Gasteiger partial charge in [0.05, 0.1) is 22.9 Å². The van der Waals surface area contributed by atoms with E-state index in [2.05, 4.69) is 15.1 Å². The summed E-state index contributed by atoms with van der Waals surface area (Å²) in [5, 5.41) is 4.02. The lowest BCUT2D eigenvalue weighted by Gasteiger charge is -2.34. The molecule has 7 nitrogen and oxygen atoms in total. The first-order chi connectivity index (χ1) is 16.1. The van der Waals surface area contributed by atoms with Crippen LogP contribution < -0.4 is 5.73 Å². The number of amides is 1. The molecule has 1 aliphatic rings. The number of anilines is 1. The van der Waals surface area contributed by atoms with Gasteiger partial charge in [-0.3, -0.25) is 9.78 Å². The zero-order valence-corrected chi connectivity index (χ0v) is 17.8. The van der Waals surface area contributed by atoms with Gasteiger partial charge in [-0.25, -0.2) is 8.91 Å². The number of nitrogen functional groups attached to an aromatic ring is 1. The topological polar surface area (TPSA) is 89.4 Å². The monoisotopic (exact) mass is 470 g/mol. The van der Waals surface area contributed by atoms with Crippen LogP contribution in [-0.4, -0.2) is 36.9 Å². The number of fused-ring (bicyclic) bond motifs is 2. The molecule has 0 bridgehead atoms. The lowest BCUT2D eigenvalue weighted by molar-refractivity contribution is -0.137. The van der Waals surface area contributed by atoms with Gasteiger partial charge < -0.3 is 10.6 Å². The first kappa shape index (κ1) is 21.8. The average Bonchev–Trinajstić information content (AvgIpc) is 3.17. The van der Waals surface area contributed by atoms with Gasteiger partial charge in [-0.05, 0) is 48.9 Å². The minimum atomic E-state index is -4.62. The van der Waals surface area contributed by atoms with E-state index < -0.39 is 29.5 Å². The van der Waals surface area contributed by atoms with Crippen LogP contribution in [0.5, 0.6) is 0 Å². The second kappa shape index (κ2) is 7.79. The normalized spacial score (nSPS) is 15.0. The summed E-state index contributed by atoms with van der Waals surface area (Å²) >= 11 is 0. The van der Waals surface area contributed by atoms with Gasteiger partial charge in [-0.1, -0.05) is 0 Å². The highest BCUT2D eigenvalue weighted by Gasteiger charge is 2.34. The van der Waals surface area contributed by atoms with Crippen LogP contribution in [0.4, 0.5) is 23.5 Å². The predicted octanol–water partition coefficient (Wildman–Crippen LogP) is 4.29. The number of carbonyl (C=O) groups is 1. The van der Waals surface area contributed by atoms with Crippen LogP contribution in [-0.2, 0) is 12.6 Å². The molecule has 0 radical (unpaired) electrons. The van der Waals surface area contributed by atoms with E-state index in [0.29, 0.717) is 35.0 Å². The van der Waals surface area contributed by atoms with Crippen molar-refractivity contribution >= 4 is 17.5 Å². The van der Waals surface area contributed by atoms with Crippen LogP contribution >= 0.6 is 0 Å². The summed E-state index contributed by atoms with van der Waals surface area (Å²) in [6, 6.07) is 6.53. The standard InChI is InChI=1S/C23H18F4N6O/c1-12(16-10-15(23(25,26)27)2-3-18(16)24)32-6-5-19-17(21(32)34)8-14(11-29-19)13-4-7-33-20(9-13)30-22(28)31-33/h2-4,7-12H,5-6H2,1H3,(H2,28,31). The number of pyridine rings is 2. The van der Waals surface area contributed by atoms with Crippen molar-refractivity contribution in [3.05, 3.63) is 77.0 Å². The van der Waals surface area contributed by atoms with Crippen LogP contribution in [0.15, 0.2) is 48.8 Å². The van der Waals surface area contributed by atoms with Crippen molar-refractivity contribution in [2.24, 2.45) is 0 Å². The molecule has 0 aliphatic carbocycles. The number of halogens is 4. The summed E-state index contributed by atoms with van der Waals surface area (Å²) in [6.07, 6.45) is -0.898. The zero-order chi connectivity index (χ0) is 24.2. The van der Waals surface area contributed by atoms with Crippen molar-refractivity contribution in [3.8, 4) is 11.1 Å². The number of rotatable bonds is 3. The highest BCUT2D eigenvalue weighted by Crippen LogP contribution is 2.35. The van der Waals surface area contributed by atoms with E-state index in [4.69, 9.17) is 5.73 Å². The van der Waals surface area contributed by atoms with Crippen molar-refractivity contribution < 1.29 is 22.4 Å². The molecule has 1 unspecified atom stereocenters. The fraction of sp³-hybridized carbons (Fsp3) is 0.217. The number of nitrogens with zero attached hydrogens (tertiary/aromatic N) is 5. The maximum absolute atomic E-state index is 14.5. The molecule has 4 heterocycles. The smallest absolute Gasteiger partial charge is 0.366 e. The van der Waals surface area contributed by atoms with E-state index in [-0.39, 0.29) is 18.1 Å². The molecule has 0 spiro atoms. The molecule has 174 valence electrons. The summed E-state index contributed by atoms with van der Waals surface area (Å²) in [7, 11) is 0. The third kappa shape index (κ3) is 3.72. The summed E-state index contributed by atoms with van der Waals surface area (Å²) in [5.41, 5.74) is 7.28. The lowest BCUT2D eigenvalue weighted by Crippen LogP contribution is -2.40. The van der Waals surface area contributed by atoms with Crippen molar-refractivity contribution in [1.29, 1.82) is 0 Å². The van der Waals surface area contributed by atoms with Gasteiger partial charge in [0.2, 0.25) is 5.95 Å². The van der Waals surface area contributed by atoms with Gasteiger partial charge in [-0.15, -0.1) is 5.10 Å². The molecule has 1 atom stereocenters. The second-order valence-corrected chi connectivity index (χ2v) is 8.07. The molecule has 1 aromatic carbocycles. The molecule has 5 rings (SSSR count). The lowest BCUT2D eigenvalue weighted by atomic mass is 9.96. The Hall–Kier alpha value is -4.02. The Kier molecular flexibility index (Phi) is 4.99. The fourth-order valence-corrected chi connectivity index (χ4v) is 4.17. The van der Waals surface area contributed by atoms with Gasteiger partial charge >= 0.3 is 6.18 Å². The predicted molar refractivity (Wildman–Crippen MR) is 115 cm³/mol. The summed E-state index contributed by atoms with van der Waals surface area (Å²) < 4.78 is 55.4. The van der Waals surface area contributed by atoms with Crippen LogP contribution in [0.25, 0.3) is 16.8 Å². The highest BCUT2D eigenvalue weighted by atomic mass is 19.4. The Labute approximate surface area is 190 Å². The Balaban J connectivity index is 1.49. The van der Waals surface area contributed by atoms with Gasteiger partial charge in [-0.2, -0.15) is 18.2 Å². The molecule has 0 fully saturated rings. The fourth-order valence-electron chi connectivity index (χ4n) is 4.17. The van der Waals surface area contributed by atoms with E-state index in [1.165, 1.54) is 16.3 Å². The zero-order valence-electron chi connectivity index (χ0n) is 17.8. The van der Waals surface area contributed by atoms with E-state index in [1.54, 1.807) is 30.6 Å². The largest absolute Gasteiger partial charge is 0.416 e. The van der Waals surface area contributed by atoms with E-state index in [0.717, 1.165) is 17.7 Å². The number of aromatic nitrogens is 4. The first-order valence-electron chi connectivity index (χ1n) is 10.4. The van der Waals surface area contributed by atoms with Crippen molar-refractivity contribution in [2.45, 2.75) is 25.6 Å². The minimum Gasteiger partial charge on any atom is -0.366 e. The summed E-state index contributed by atoms with van der Waals surface area (Å²) in [5.74, 6) is -1.10. The molecule has 3 aromatic heterocycles. The molecule has 4 aromatic rings. The van der Waals surface area contributed by atoms with Crippen LogP contribution in [0.1, 0.15) is 40.1 Å². The number of carbonyl (C=O) groups excluding carboxylic acids is 1. The number of nitrogens with two attached hydrogens (primary N) is 1. The second-order valence-electron chi connectivity index (χ2n) is 8.07. The number of hydrogen-bond acceptors (Lipinski definition) is 5. The Morgan fingerprint density at radius 2 is 1.91 bits per heavy atom. The van der Waals surface area contributed by atoms with Gasteiger partial charge in [0.1, 0.15) is 5.82 Å². The van der Waals surface area contributed by atoms with Gasteiger partial charge in [0.25, 0.3) is 5.91 Å². The van der Waals surface area contributed by atoms with Crippen molar-refractivity contribution in [1.82, 2.24) is 24.5 Å². The average molecular weight is 470 g/mol. The van der Waals surface area contributed by atoms with Crippen molar-refractivity contribution in [3.63, 3.8) is 0 Å². The third-order valence-corrected chi connectivity index (χ3v) is 5.98. The molecule has 2 N–H and O–H groups in total. The molecular weight excluding hydrogens is 452 g/mol. The number of benzene rings is 1.